The first-order valence-electron chi connectivity index (χ1n) is 7.94. The van der Waals surface area contributed by atoms with Gasteiger partial charge in [-0.3, -0.25) is 9.36 Å². The maximum Gasteiger partial charge on any atom is 0.326 e. The normalized spacial score (nSPS) is 15.7. The van der Waals surface area contributed by atoms with E-state index in [4.69, 9.17) is 17.1 Å². The Hall–Kier alpha value is -2.52. The molecule has 1 aliphatic rings. The standard InChI is InChI=1S/C17H15BrClN5O3/c1-23(8-21-22-20)12-3-2-9(19)6-10(12)11-7-15(25)24-13(16(11)18)4-5-14(24)17(26)27/h2-3,6-8,14,20H,4-5H2,1H3,(H,26,27)/b21-8-,22-20?/t14-/m0/s1. The first-order valence-corrected chi connectivity index (χ1v) is 9.11. The zero-order valence-corrected chi connectivity index (χ0v) is 16.5. The highest BCUT2D eigenvalue weighted by Crippen LogP contribution is 2.40. The summed E-state index contributed by atoms with van der Waals surface area (Å²) in [6.45, 7) is 0. The molecule has 0 saturated heterocycles. The molecule has 3 rings (SSSR count). The fourth-order valence-electron chi connectivity index (χ4n) is 3.25. The molecule has 1 aromatic heterocycles. The zero-order chi connectivity index (χ0) is 19.7. The topological polar surface area (TPSA) is 111 Å². The van der Waals surface area contributed by atoms with Gasteiger partial charge < -0.3 is 10.0 Å². The molecule has 0 saturated carbocycles. The van der Waals surface area contributed by atoms with Crippen LogP contribution in [0.2, 0.25) is 5.02 Å². The van der Waals surface area contributed by atoms with Gasteiger partial charge in [-0.25, -0.2) is 4.79 Å². The Balaban J connectivity index is 2.22. The molecule has 2 N–H and O–H groups in total. The molecule has 1 atom stereocenters. The molecule has 0 radical (unpaired) electrons. The molecule has 0 spiro atoms. The number of aromatic nitrogens is 1. The molecule has 1 aliphatic heterocycles. The molecular weight excluding hydrogens is 438 g/mol. The Labute approximate surface area is 167 Å². The predicted octanol–water partition coefficient (Wildman–Crippen LogP) is 3.91. The highest BCUT2D eigenvalue weighted by Gasteiger charge is 2.32. The maximum atomic E-state index is 12.7. The lowest BCUT2D eigenvalue weighted by Crippen LogP contribution is -2.27. The minimum atomic E-state index is -1.02. The number of hydrogen-bond acceptors (Lipinski definition) is 4. The number of aliphatic carboxylic acids is 1. The number of nitrogens with zero attached hydrogens (tertiary/aromatic N) is 4. The van der Waals surface area contributed by atoms with Gasteiger partial charge in [-0.05, 0) is 47.0 Å². The van der Waals surface area contributed by atoms with E-state index in [-0.39, 0.29) is 5.56 Å². The molecule has 10 heteroatoms. The summed E-state index contributed by atoms with van der Waals surface area (Å²) in [6, 6.07) is 5.75. The lowest BCUT2D eigenvalue weighted by atomic mass is 10.0. The third-order valence-corrected chi connectivity index (χ3v) is 5.57. The third-order valence-electron chi connectivity index (χ3n) is 4.45. The smallest absolute Gasteiger partial charge is 0.326 e. The molecule has 0 unspecified atom stereocenters. The Kier molecular flexibility index (Phi) is 5.43. The predicted molar refractivity (Wildman–Crippen MR) is 106 cm³/mol. The summed E-state index contributed by atoms with van der Waals surface area (Å²) >= 11 is 9.72. The number of pyridine rings is 1. The van der Waals surface area contributed by atoms with E-state index in [1.165, 1.54) is 17.0 Å². The summed E-state index contributed by atoms with van der Waals surface area (Å²) in [6.07, 6.45) is 2.21. The van der Waals surface area contributed by atoms with Crippen LogP contribution in [0.3, 0.4) is 0 Å². The average Bonchev–Trinajstić information content (AvgIpc) is 3.09. The highest BCUT2D eigenvalue weighted by atomic mass is 79.9. The van der Waals surface area contributed by atoms with Crippen LogP contribution >= 0.6 is 27.5 Å². The summed E-state index contributed by atoms with van der Waals surface area (Å²) in [5.41, 5.74) is 9.04. The molecule has 140 valence electrons. The van der Waals surface area contributed by atoms with E-state index in [1.807, 2.05) is 0 Å². The highest BCUT2D eigenvalue weighted by molar-refractivity contribution is 9.10. The number of benzene rings is 1. The van der Waals surface area contributed by atoms with E-state index in [0.29, 0.717) is 44.8 Å². The van der Waals surface area contributed by atoms with Crippen LogP contribution in [0, 0.1) is 5.53 Å². The summed E-state index contributed by atoms with van der Waals surface area (Å²) in [5, 5.41) is 16.4. The van der Waals surface area contributed by atoms with E-state index in [9.17, 15) is 14.7 Å². The first kappa shape index (κ1) is 19.2. The van der Waals surface area contributed by atoms with Gasteiger partial charge in [0.15, 0.2) is 0 Å². The van der Waals surface area contributed by atoms with E-state index in [1.54, 1.807) is 30.1 Å². The number of halogens is 2. The number of carbonyl (C=O) groups is 1. The monoisotopic (exact) mass is 451 g/mol. The van der Waals surface area contributed by atoms with Crippen molar-refractivity contribution in [2.45, 2.75) is 18.9 Å². The van der Waals surface area contributed by atoms with Crippen LogP contribution in [0.25, 0.3) is 11.1 Å². The Morgan fingerprint density at radius 2 is 2.19 bits per heavy atom. The van der Waals surface area contributed by atoms with Crippen molar-refractivity contribution < 1.29 is 9.90 Å². The van der Waals surface area contributed by atoms with Gasteiger partial charge in [0.2, 0.25) is 0 Å². The minimum Gasteiger partial charge on any atom is -0.480 e. The minimum absolute atomic E-state index is 0.368. The number of fused-ring (bicyclic) bond motifs is 1. The second-order valence-corrected chi connectivity index (χ2v) is 7.25. The molecule has 0 amide bonds. The van der Waals surface area contributed by atoms with E-state index >= 15 is 0 Å². The number of rotatable bonds is 5. The van der Waals surface area contributed by atoms with Crippen molar-refractivity contribution >= 4 is 45.5 Å². The van der Waals surface area contributed by atoms with E-state index < -0.39 is 12.0 Å². The summed E-state index contributed by atoms with van der Waals surface area (Å²) < 4.78 is 1.98. The van der Waals surface area contributed by atoms with E-state index in [2.05, 4.69) is 26.3 Å². The lowest BCUT2D eigenvalue weighted by Gasteiger charge is -2.20. The van der Waals surface area contributed by atoms with Crippen molar-refractivity contribution in [1.29, 1.82) is 5.53 Å². The maximum absolute atomic E-state index is 12.7. The number of hydrogen-bond donors (Lipinski definition) is 2. The Morgan fingerprint density at radius 3 is 2.85 bits per heavy atom. The van der Waals surface area contributed by atoms with Gasteiger partial charge in [0.1, 0.15) is 12.4 Å². The van der Waals surface area contributed by atoms with Crippen molar-refractivity contribution in [1.82, 2.24) is 4.57 Å². The lowest BCUT2D eigenvalue weighted by molar-refractivity contribution is -0.140. The molecule has 0 aliphatic carbocycles. The summed E-state index contributed by atoms with van der Waals surface area (Å²) in [4.78, 5) is 25.8. The second kappa shape index (κ2) is 7.61. The van der Waals surface area contributed by atoms with Crippen LogP contribution in [0.5, 0.6) is 0 Å². The van der Waals surface area contributed by atoms with E-state index in [0.717, 1.165) is 0 Å². The number of anilines is 1. The Bertz CT molecular complexity index is 1020. The molecule has 1 aromatic carbocycles. The van der Waals surface area contributed by atoms with Gasteiger partial charge in [0, 0.05) is 45.1 Å². The van der Waals surface area contributed by atoms with Crippen LogP contribution in [0.1, 0.15) is 18.2 Å². The average molecular weight is 453 g/mol. The molecule has 0 fully saturated rings. The molecule has 27 heavy (non-hydrogen) atoms. The van der Waals surface area contributed by atoms with Crippen molar-refractivity contribution in [3.8, 4) is 11.1 Å². The number of nitrogens with one attached hydrogen (secondary N) is 1. The fourth-order valence-corrected chi connectivity index (χ4v) is 4.14. The molecule has 2 heterocycles. The van der Waals surface area contributed by atoms with Crippen LogP contribution < -0.4 is 10.5 Å². The fraction of sp³-hybridized carbons (Fsp3) is 0.235. The van der Waals surface area contributed by atoms with Crippen molar-refractivity contribution in [3.63, 3.8) is 0 Å². The van der Waals surface area contributed by atoms with Gasteiger partial charge in [0.05, 0.1) is 0 Å². The quantitative estimate of drug-likeness (QED) is 0.310. The van der Waals surface area contributed by atoms with Crippen molar-refractivity contribution in [2.24, 2.45) is 10.3 Å². The molecular formula is C17H15BrClN5O3. The van der Waals surface area contributed by atoms with Crippen LogP contribution in [0.15, 0.2) is 43.9 Å². The van der Waals surface area contributed by atoms with Gasteiger partial charge >= 0.3 is 5.97 Å². The van der Waals surface area contributed by atoms with Gasteiger partial charge in [-0.2, -0.15) is 5.53 Å². The van der Waals surface area contributed by atoms with Crippen molar-refractivity contribution in [2.75, 3.05) is 11.9 Å². The second-order valence-electron chi connectivity index (χ2n) is 6.02. The number of carboxylic acids is 1. The zero-order valence-electron chi connectivity index (χ0n) is 14.2. The van der Waals surface area contributed by atoms with Gasteiger partial charge in [-0.15, -0.1) is 5.10 Å². The van der Waals surface area contributed by atoms with Gasteiger partial charge in [-0.1, -0.05) is 16.8 Å². The van der Waals surface area contributed by atoms with Gasteiger partial charge in [0.25, 0.3) is 5.56 Å². The van der Waals surface area contributed by atoms with Crippen LogP contribution in [-0.4, -0.2) is 29.0 Å². The van der Waals surface area contributed by atoms with Crippen LogP contribution in [0.4, 0.5) is 5.69 Å². The summed E-state index contributed by atoms with van der Waals surface area (Å²) in [5.74, 6) is -1.02. The Morgan fingerprint density at radius 1 is 1.44 bits per heavy atom. The van der Waals surface area contributed by atoms with Crippen molar-refractivity contribution in [3.05, 3.63) is 49.8 Å². The molecule has 0 bridgehead atoms. The molecule has 2 aromatic rings. The first-order chi connectivity index (χ1) is 12.8. The van der Waals surface area contributed by atoms with Crippen LogP contribution in [-0.2, 0) is 11.2 Å². The number of carboxylic acid groups (broad SMARTS) is 1. The SMILES string of the molecule is CN(/C=N\N=N)c1ccc(Cl)cc1-c1cc(=O)n2c(c1Br)CC[C@H]2C(=O)O. The summed E-state index contributed by atoms with van der Waals surface area (Å²) in [7, 11) is 1.73. The third kappa shape index (κ3) is 3.52. The largest absolute Gasteiger partial charge is 0.480 e. The molecule has 8 nitrogen and oxygen atoms in total.